The fraction of sp³-hybridized carbons (Fsp3) is 0.250. The fourth-order valence-electron chi connectivity index (χ4n) is 2.17. The summed E-state index contributed by atoms with van der Waals surface area (Å²) in [6.07, 6.45) is 0.909. The monoisotopic (exact) mass is 270 g/mol. The number of nitro groups is 1. The van der Waals surface area contributed by atoms with Crippen LogP contribution in [0.1, 0.15) is 30.5 Å². The number of rotatable bonds is 5. The van der Waals surface area contributed by atoms with Gasteiger partial charge in [-0.25, -0.2) is 0 Å². The van der Waals surface area contributed by atoms with Crippen LogP contribution in [0.15, 0.2) is 48.5 Å². The van der Waals surface area contributed by atoms with E-state index in [0.717, 1.165) is 17.7 Å². The first-order chi connectivity index (χ1) is 9.61. The molecule has 0 bridgehead atoms. The molecule has 20 heavy (non-hydrogen) atoms. The molecule has 0 fully saturated rings. The Morgan fingerprint density at radius 2 is 1.90 bits per heavy atom. The number of hydrogen-bond acceptors (Lipinski definition) is 3. The zero-order valence-corrected chi connectivity index (χ0v) is 11.7. The first kappa shape index (κ1) is 14.1. The highest BCUT2D eigenvalue weighted by atomic mass is 16.6. The van der Waals surface area contributed by atoms with Crippen molar-refractivity contribution in [3.05, 3.63) is 69.8 Å². The van der Waals surface area contributed by atoms with Crippen molar-refractivity contribution in [2.75, 3.05) is 5.32 Å². The van der Waals surface area contributed by atoms with Gasteiger partial charge in [-0.2, -0.15) is 0 Å². The molecule has 0 spiro atoms. The van der Waals surface area contributed by atoms with Gasteiger partial charge in [0.25, 0.3) is 5.69 Å². The molecule has 2 aromatic carbocycles. The molecule has 2 rings (SSSR count). The predicted octanol–water partition coefficient (Wildman–Crippen LogP) is 4.47. The number of nitrogens with one attached hydrogen (secondary N) is 1. The van der Waals surface area contributed by atoms with Crippen LogP contribution in [0.25, 0.3) is 0 Å². The van der Waals surface area contributed by atoms with Crippen LogP contribution in [-0.2, 0) is 0 Å². The molecule has 0 aromatic heterocycles. The third-order valence-electron chi connectivity index (χ3n) is 3.37. The largest absolute Gasteiger partial charge is 0.378 e. The standard InChI is InChI=1S/C16H18N2O2/c1-3-15(13-7-5-4-6-8-13)17-16-11-14(18(19)20)10-9-12(16)2/h4-11,15,17H,3H2,1-2H3. The van der Waals surface area contributed by atoms with Gasteiger partial charge in [-0.05, 0) is 24.5 Å². The number of benzene rings is 2. The molecule has 2 aromatic rings. The molecular formula is C16H18N2O2. The van der Waals surface area contributed by atoms with Crippen molar-refractivity contribution in [3.63, 3.8) is 0 Å². The van der Waals surface area contributed by atoms with Crippen LogP contribution < -0.4 is 5.32 Å². The van der Waals surface area contributed by atoms with Gasteiger partial charge >= 0.3 is 0 Å². The third-order valence-corrected chi connectivity index (χ3v) is 3.37. The Hall–Kier alpha value is -2.36. The molecule has 104 valence electrons. The quantitative estimate of drug-likeness (QED) is 0.644. The minimum atomic E-state index is -0.367. The van der Waals surface area contributed by atoms with Crippen LogP contribution in [0.4, 0.5) is 11.4 Å². The minimum Gasteiger partial charge on any atom is -0.378 e. The first-order valence-electron chi connectivity index (χ1n) is 6.68. The van der Waals surface area contributed by atoms with Gasteiger partial charge in [0.05, 0.1) is 11.0 Å². The number of non-ortho nitro benzene ring substituents is 1. The Labute approximate surface area is 118 Å². The van der Waals surface area contributed by atoms with Crippen molar-refractivity contribution >= 4 is 11.4 Å². The van der Waals surface area contributed by atoms with Crippen molar-refractivity contribution in [2.24, 2.45) is 0 Å². The van der Waals surface area contributed by atoms with E-state index < -0.39 is 0 Å². The van der Waals surface area contributed by atoms with E-state index in [0.29, 0.717) is 0 Å². The second kappa shape index (κ2) is 6.19. The Bertz CT molecular complexity index is 597. The Kier molecular flexibility index (Phi) is 4.35. The Morgan fingerprint density at radius 3 is 2.50 bits per heavy atom. The molecule has 0 saturated heterocycles. The van der Waals surface area contributed by atoms with E-state index in [1.54, 1.807) is 12.1 Å². The summed E-state index contributed by atoms with van der Waals surface area (Å²) in [5, 5.41) is 14.3. The number of nitrogens with zero attached hydrogens (tertiary/aromatic N) is 1. The zero-order chi connectivity index (χ0) is 14.5. The van der Waals surface area contributed by atoms with E-state index in [1.165, 1.54) is 11.6 Å². The van der Waals surface area contributed by atoms with Crippen LogP contribution in [0, 0.1) is 17.0 Å². The average Bonchev–Trinajstić information content (AvgIpc) is 2.47. The van der Waals surface area contributed by atoms with Crippen LogP contribution in [0.2, 0.25) is 0 Å². The lowest BCUT2D eigenvalue weighted by Gasteiger charge is -2.20. The summed E-state index contributed by atoms with van der Waals surface area (Å²) in [6, 6.07) is 15.2. The normalized spacial score (nSPS) is 11.9. The van der Waals surface area contributed by atoms with E-state index >= 15 is 0 Å². The maximum absolute atomic E-state index is 10.9. The predicted molar refractivity (Wildman–Crippen MR) is 80.9 cm³/mol. The van der Waals surface area contributed by atoms with Crippen molar-refractivity contribution in [3.8, 4) is 0 Å². The lowest BCUT2D eigenvalue weighted by molar-refractivity contribution is -0.384. The van der Waals surface area contributed by atoms with E-state index in [4.69, 9.17) is 0 Å². The lowest BCUT2D eigenvalue weighted by atomic mass is 10.0. The second-order valence-electron chi connectivity index (χ2n) is 4.77. The molecule has 0 aliphatic rings. The molecule has 0 radical (unpaired) electrons. The van der Waals surface area contributed by atoms with Crippen molar-refractivity contribution in [2.45, 2.75) is 26.3 Å². The summed E-state index contributed by atoms with van der Waals surface area (Å²) in [4.78, 5) is 10.5. The summed E-state index contributed by atoms with van der Waals surface area (Å²) in [5.74, 6) is 0. The molecule has 4 heteroatoms. The molecule has 1 unspecified atom stereocenters. The van der Waals surface area contributed by atoms with E-state index in [2.05, 4.69) is 24.4 Å². The summed E-state index contributed by atoms with van der Waals surface area (Å²) in [6.45, 7) is 4.04. The van der Waals surface area contributed by atoms with Crippen LogP contribution >= 0.6 is 0 Å². The molecule has 0 amide bonds. The van der Waals surface area contributed by atoms with Gasteiger partial charge in [-0.3, -0.25) is 10.1 Å². The van der Waals surface area contributed by atoms with Crippen molar-refractivity contribution in [1.29, 1.82) is 0 Å². The van der Waals surface area contributed by atoms with Gasteiger partial charge in [0.1, 0.15) is 0 Å². The van der Waals surface area contributed by atoms with E-state index in [-0.39, 0.29) is 16.7 Å². The molecule has 0 saturated carbocycles. The van der Waals surface area contributed by atoms with Gasteiger partial charge in [-0.15, -0.1) is 0 Å². The molecule has 1 N–H and O–H groups in total. The zero-order valence-electron chi connectivity index (χ0n) is 11.7. The SMILES string of the molecule is CCC(Nc1cc([N+](=O)[O-])ccc1C)c1ccccc1. The second-order valence-corrected chi connectivity index (χ2v) is 4.77. The summed E-state index contributed by atoms with van der Waals surface area (Å²) < 4.78 is 0. The van der Waals surface area contributed by atoms with Gasteiger partial charge in [0.2, 0.25) is 0 Å². The van der Waals surface area contributed by atoms with Crippen LogP contribution in [0.3, 0.4) is 0 Å². The fourth-order valence-corrected chi connectivity index (χ4v) is 2.17. The maximum atomic E-state index is 10.9. The smallest absolute Gasteiger partial charge is 0.271 e. The molecule has 0 heterocycles. The van der Waals surface area contributed by atoms with E-state index in [1.807, 2.05) is 25.1 Å². The van der Waals surface area contributed by atoms with Crippen LogP contribution in [-0.4, -0.2) is 4.92 Å². The third kappa shape index (κ3) is 3.15. The van der Waals surface area contributed by atoms with Crippen molar-refractivity contribution in [1.82, 2.24) is 0 Å². The number of aryl methyl sites for hydroxylation is 1. The maximum Gasteiger partial charge on any atom is 0.271 e. The Morgan fingerprint density at radius 1 is 1.20 bits per heavy atom. The van der Waals surface area contributed by atoms with Gasteiger partial charge in [0, 0.05) is 17.8 Å². The average molecular weight is 270 g/mol. The van der Waals surface area contributed by atoms with E-state index in [9.17, 15) is 10.1 Å². The summed E-state index contributed by atoms with van der Waals surface area (Å²) >= 11 is 0. The molecular weight excluding hydrogens is 252 g/mol. The highest BCUT2D eigenvalue weighted by molar-refractivity contribution is 5.57. The Balaban J connectivity index is 2.28. The highest BCUT2D eigenvalue weighted by Crippen LogP contribution is 2.27. The number of nitro benzene ring substituents is 1. The van der Waals surface area contributed by atoms with Crippen molar-refractivity contribution < 1.29 is 4.92 Å². The number of anilines is 1. The first-order valence-corrected chi connectivity index (χ1v) is 6.68. The lowest BCUT2D eigenvalue weighted by Crippen LogP contribution is -2.10. The topological polar surface area (TPSA) is 55.2 Å². The van der Waals surface area contributed by atoms with Crippen LogP contribution in [0.5, 0.6) is 0 Å². The van der Waals surface area contributed by atoms with Gasteiger partial charge < -0.3 is 5.32 Å². The van der Waals surface area contributed by atoms with Gasteiger partial charge in [0.15, 0.2) is 0 Å². The molecule has 4 nitrogen and oxygen atoms in total. The molecule has 1 atom stereocenters. The molecule has 0 aliphatic heterocycles. The summed E-state index contributed by atoms with van der Waals surface area (Å²) in [7, 11) is 0. The summed E-state index contributed by atoms with van der Waals surface area (Å²) in [5.41, 5.74) is 3.11. The highest BCUT2D eigenvalue weighted by Gasteiger charge is 2.13. The number of hydrogen-bond donors (Lipinski definition) is 1. The molecule has 0 aliphatic carbocycles. The van der Waals surface area contributed by atoms with Gasteiger partial charge in [-0.1, -0.05) is 43.3 Å². The minimum absolute atomic E-state index is 0.112.